The van der Waals surface area contributed by atoms with Crippen LogP contribution in [0.1, 0.15) is 109 Å². The van der Waals surface area contributed by atoms with Crippen LogP contribution in [0.25, 0.3) is 11.1 Å². The van der Waals surface area contributed by atoms with Crippen molar-refractivity contribution < 1.29 is 4.74 Å². The lowest BCUT2D eigenvalue weighted by molar-refractivity contribution is 0.178. The number of aryl methyl sites for hydroxylation is 2. The maximum atomic E-state index is 6.24. The van der Waals surface area contributed by atoms with Crippen LogP contribution in [0, 0.1) is 18.8 Å². The third kappa shape index (κ3) is 8.76. The summed E-state index contributed by atoms with van der Waals surface area (Å²) in [5.41, 5.74) is 3.45. The van der Waals surface area contributed by atoms with Gasteiger partial charge in [0.2, 0.25) is 0 Å². The molecule has 2 aromatic rings. The van der Waals surface area contributed by atoms with Crippen molar-refractivity contribution >= 4 is 0 Å². The SMILES string of the molecule is CCCCCCCCCc1ncc(-c2ccc(OCC3CCC(CCC)CC3)c(C)c2)cn1. The van der Waals surface area contributed by atoms with E-state index in [2.05, 4.69) is 48.9 Å². The Balaban J connectivity index is 1.42. The van der Waals surface area contributed by atoms with Crippen LogP contribution < -0.4 is 4.74 Å². The second kappa shape index (κ2) is 14.4. The fraction of sp³-hybridized carbons (Fsp3) is 0.667. The first-order valence-corrected chi connectivity index (χ1v) is 13.7. The van der Waals surface area contributed by atoms with Gasteiger partial charge in [-0.1, -0.05) is 84.1 Å². The van der Waals surface area contributed by atoms with Crippen LogP contribution in [-0.2, 0) is 6.42 Å². The molecule has 0 spiro atoms. The molecule has 1 aliphatic rings. The van der Waals surface area contributed by atoms with Gasteiger partial charge < -0.3 is 4.74 Å². The van der Waals surface area contributed by atoms with Gasteiger partial charge in [0.1, 0.15) is 11.6 Å². The third-order valence-corrected chi connectivity index (χ3v) is 7.36. The van der Waals surface area contributed by atoms with E-state index in [0.717, 1.165) is 42.0 Å². The molecule has 0 bridgehead atoms. The average Bonchev–Trinajstić information content (AvgIpc) is 2.84. The Kier molecular flexibility index (Phi) is 11.2. The molecule has 1 aliphatic carbocycles. The summed E-state index contributed by atoms with van der Waals surface area (Å²) < 4.78 is 6.24. The van der Waals surface area contributed by atoms with Gasteiger partial charge in [-0.25, -0.2) is 9.97 Å². The normalized spacial score (nSPS) is 18.4. The third-order valence-electron chi connectivity index (χ3n) is 7.36. The molecule has 0 N–H and O–H groups in total. The van der Waals surface area contributed by atoms with Crippen molar-refractivity contribution in [2.45, 2.75) is 111 Å². The summed E-state index contributed by atoms with van der Waals surface area (Å²) >= 11 is 0. The molecule has 182 valence electrons. The number of unbranched alkanes of at least 4 members (excludes halogenated alkanes) is 6. The molecule has 1 aromatic carbocycles. The first kappa shape index (κ1) is 25.7. The van der Waals surface area contributed by atoms with Crippen molar-refractivity contribution in [3.05, 3.63) is 42.0 Å². The molecule has 0 unspecified atom stereocenters. The molecule has 33 heavy (non-hydrogen) atoms. The van der Waals surface area contributed by atoms with Gasteiger partial charge >= 0.3 is 0 Å². The van der Waals surface area contributed by atoms with Crippen molar-refractivity contribution in [1.82, 2.24) is 9.97 Å². The van der Waals surface area contributed by atoms with Gasteiger partial charge in [-0.15, -0.1) is 0 Å². The Morgan fingerprint density at radius 1 is 0.788 bits per heavy atom. The van der Waals surface area contributed by atoms with E-state index < -0.39 is 0 Å². The van der Waals surface area contributed by atoms with Gasteiger partial charge in [0, 0.05) is 24.4 Å². The lowest BCUT2D eigenvalue weighted by Crippen LogP contribution is -2.20. The average molecular weight is 451 g/mol. The molecule has 3 nitrogen and oxygen atoms in total. The van der Waals surface area contributed by atoms with E-state index in [1.54, 1.807) is 0 Å². The highest BCUT2D eigenvalue weighted by Crippen LogP contribution is 2.32. The number of aromatic nitrogens is 2. The van der Waals surface area contributed by atoms with Crippen molar-refractivity contribution in [3.63, 3.8) is 0 Å². The first-order chi connectivity index (χ1) is 16.2. The lowest BCUT2D eigenvalue weighted by Gasteiger charge is -2.28. The van der Waals surface area contributed by atoms with E-state index in [9.17, 15) is 0 Å². The molecular formula is C30H46N2O. The molecule has 3 rings (SSSR count). The van der Waals surface area contributed by atoms with Gasteiger partial charge in [-0.2, -0.15) is 0 Å². The molecular weight excluding hydrogens is 404 g/mol. The van der Waals surface area contributed by atoms with Crippen LogP contribution in [0.5, 0.6) is 5.75 Å². The molecule has 3 heteroatoms. The highest BCUT2D eigenvalue weighted by Gasteiger charge is 2.21. The standard InChI is InChI=1S/C30H46N2O/c1-4-6-7-8-9-10-11-13-30-31-21-28(22-32-30)27-18-19-29(24(3)20-27)33-23-26-16-14-25(12-5-2)15-17-26/h18-22,25-26H,4-17,23H2,1-3H3. The number of benzene rings is 1. The fourth-order valence-corrected chi connectivity index (χ4v) is 5.17. The summed E-state index contributed by atoms with van der Waals surface area (Å²) in [6.45, 7) is 7.58. The van der Waals surface area contributed by atoms with Crippen LogP contribution in [-0.4, -0.2) is 16.6 Å². The maximum Gasteiger partial charge on any atom is 0.128 e. The van der Waals surface area contributed by atoms with Crippen LogP contribution in [0.4, 0.5) is 0 Å². The second-order valence-electron chi connectivity index (χ2n) is 10.2. The van der Waals surface area contributed by atoms with Crippen molar-refractivity contribution in [2.75, 3.05) is 6.61 Å². The summed E-state index contributed by atoms with van der Waals surface area (Å²) in [7, 11) is 0. The highest BCUT2D eigenvalue weighted by molar-refractivity contribution is 5.64. The molecule has 1 saturated carbocycles. The topological polar surface area (TPSA) is 35.0 Å². The molecule has 1 heterocycles. The largest absolute Gasteiger partial charge is 0.493 e. The van der Waals surface area contributed by atoms with E-state index in [4.69, 9.17) is 4.74 Å². The van der Waals surface area contributed by atoms with Gasteiger partial charge in [-0.3, -0.25) is 0 Å². The minimum atomic E-state index is 0.717. The zero-order valence-electron chi connectivity index (χ0n) is 21.5. The number of rotatable bonds is 14. The van der Waals surface area contributed by atoms with Crippen LogP contribution in [0.3, 0.4) is 0 Å². The second-order valence-corrected chi connectivity index (χ2v) is 10.2. The Hall–Kier alpha value is -1.90. The highest BCUT2D eigenvalue weighted by atomic mass is 16.5. The number of ether oxygens (including phenoxy) is 1. The number of hydrogen-bond acceptors (Lipinski definition) is 3. The van der Waals surface area contributed by atoms with E-state index in [1.807, 2.05) is 12.4 Å². The molecule has 0 amide bonds. The summed E-state index contributed by atoms with van der Waals surface area (Å²) in [4.78, 5) is 9.26. The summed E-state index contributed by atoms with van der Waals surface area (Å²) in [6.07, 6.45) is 22.3. The van der Waals surface area contributed by atoms with Gasteiger partial charge in [0.05, 0.1) is 6.61 Å². The smallest absolute Gasteiger partial charge is 0.128 e. The Morgan fingerprint density at radius 3 is 2.12 bits per heavy atom. The van der Waals surface area contributed by atoms with E-state index in [1.165, 1.54) is 94.6 Å². The predicted molar refractivity (Wildman–Crippen MR) is 140 cm³/mol. The molecule has 1 fully saturated rings. The van der Waals surface area contributed by atoms with E-state index in [-0.39, 0.29) is 0 Å². The van der Waals surface area contributed by atoms with Crippen molar-refractivity contribution in [1.29, 1.82) is 0 Å². The number of nitrogens with zero attached hydrogens (tertiary/aromatic N) is 2. The Labute approximate surface area is 202 Å². The Morgan fingerprint density at radius 2 is 1.45 bits per heavy atom. The Bertz CT molecular complexity index is 793. The van der Waals surface area contributed by atoms with Crippen LogP contribution >= 0.6 is 0 Å². The molecule has 0 aliphatic heterocycles. The maximum absolute atomic E-state index is 6.24. The van der Waals surface area contributed by atoms with Crippen LogP contribution in [0.2, 0.25) is 0 Å². The minimum Gasteiger partial charge on any atom is -0.493 e. The first-order valence-electron chi connectivity index (χ1n) is 13.7. The molecule has 1 aromatic heterocycles. The fourth-order valence-electron chi connectivity index (χ4n) is 5.17. The van der Waals surface area contributed by atoms with E-state index in [0.29, 0.717) is 0 Å². The monoisotopic (exact) mass is 450 g/mol. The summed E-state index contributed by atoms with van der Waals surface area (Å²) in [6, 6.07) is 6.48. The molecule has 0 atom stereocenters. The quantitative estimate of drug-likeness (QED) is 0.270. The van der Waals surface area contributed by atoms with Crippen molar-refractivity contribution in [2.24, 2.45) is 11.8 Å². The zero-order valence-corrected chi connectivity index (χ0v) is 21.5. The van der Waals surface area contributed by atoms with Gasteiger partial charge in [0.25, 0.3) is 0 Å². The van der Waals surface area contributed by atoms with Crippen LogP contribution in [0.15, 0.2) is 30.6 Å². The van der Waals surface area contributed by atoms with Crippen molar-refractivity contribution in [3.8, 4) is 16.9 Å². The number of hydrogen-bond donors (Lipinski definition) is 0. The molecule has 0 saturated heterocycles. The minimum absolute atomic E-state index is 0.717. The van der Waals surface area contributed by atoms with E-state index >= 15 is 0 Å². The molecule has 0 radical (unpaired) electrons. The van der Waals surface area contributed by atoms with Gasteiger partial charge in [-0.05, 0) is 61.3 Å². The lowest BCUT2D eigenvalue weighted by atomic mass is 9.80. The summed E-state index contributed by atoms with van der Waals surface area (Å²) in [5.74, 6) is 3.66. The predicted octanol–water partition coefficient (Wildman–Crippen LogP) is 8.73. The van der Waals surface area contributed by atoms with Gasteiger partial charge in [0.15, 0.2) is 0 Å². The zero-order chi connectivity index (χ0) is 23.3. The summed E-state index contributed by atoms with van der Waals surface area (Å²) in [5, 5.41) is 0.